The number of hydrogen-bond acceptors (Lipinski definition) is 4. The van der Waals surface area contributed by atoms with Gasteiger partial charge in [0.1, 0.15) is 0 Å². The molecule has 0 aromatic carbocycles. The van der Waals surface area contributed by atoms with Gasteiger partial charge in [-0.15, -0.1) is 0 Å². The minimum Gasteiger partial charge on any atom is -0.391 e. The van der Waals surface area contributed by atoms with Crippen LogP contribution >= 0.6 is 0 Å². The summed E-state index contributed by atoms with van der Waals surface area (Å²) in [4.78, 5) is 12.5. The maximum atomic E-state index is 12.5. The summed E-state index contributed by atoms with van der Waals surface area (Å²) < 4.78 is 32.3. The lowest BCUT2D eigenvalue weighted by molar-refractivity contribution is -0.122. The Morgan fingerprint density at radius 2 is 0.977 bits per heavy atom. The molecule has 6 nitrogen and oxygen atoms in total. The van der Waals surface area contributed by atoms with Crippen molar-refractivity contribution >= 4 is 16.0 Å². The number of rotatable bonds is 33. The van der Waals surface area contributed by atoms with Gasteiger partial charge in [-0.05, 0) is 38.5 Å². The van der Waals surface area contributed by atoms with Gasteiger partial charge in [0.15, 0.2) is 0 Å². The molecule has 0 heterocycles. The van der Waals surface area contributed by atoms with Gasteiger partial charge in [0.05, 0.1) is 17.9 Å². The smallest absolute Gasteiger partial charge is 0.266 e. The average molecular weight is 630 g/mol. The van der Waals surface area contributed by atoms with E-state index in [2.05, 4.69) is 31.3 Å². The van der Waals surface area contributed by atoms with Crippen LogP contribution in [0.5, 0.6) is 0 Å². The lowest BCUT2D eigenvalue weighted by Crippen LogP contribution is -2.47. The molecule has 0 aromatic heterocycles. The van der Waals surface area contributed by atoms with Crippen molar-refractivity contribution in [3.8, 4) is 0 Å². The van der Waals surface area contributed by atoms with Crippen molar-refractivity contribution in [2.75, 3.05) is 5.75 Å². The molecule has 2 atom stereocenters. The third-order valence-electron chi connectivity index (χ3n) is 8.47. The monoisotopic (exact) mass is 630 g/mol. The number of aliphatic hydroxyl groups excluding tert-OH is 1. The number of allylic oxidation sites excluding steroid dienone is 2. The van der Waals surface area contributed by atoms with Crippen molar-refractivity contribution in [2.45, 2.75) is 206 Å². The number of amides is 1. The zero-order valence-electron chi connectivity index (χ0n) is 28.3. The average Bonchev–Trinajstić information content (AvgIpc) is 2.96. The number of nitrogens with one attached hydrogen (secondary N) is 1. The summed E-state index contributed by atoms with van der Waals surface area (Å²) in [5, 5.41) is 13.3. The molecule has 0 spiro atoms. The summed E-state index contributed by atoms with van der Waals surface area (Å²) in [6.07, 6.45) is 35.9. The van der Waals surface area contributed by atoms with E-state index in [1.807, 2.05) is 0 Å². The van der Waals surface area contributed by atoms with Crippen LogP contribution in [0.3, 0.4) is 0 Å². The Morgan fingerprint density at radius 3 is 1.40 bits per heavy atom. The Bertz CT molecular complexity index is 740. The van der Waals surface area contributed by atoms with Crippen LogP contribution in [0.4, 0.5) is 0 Å². The third-order valence-corrected chi connectivity index (χ3v) is 9.25. The summed E-state index contributed by atoms with van der Waals surface area (Å²) in [5.41, 5.74) is 0. The summed E-state index contributed by atoms with van der Waals surface area (Å²) in [6.45, 7) is 4.49. The number of hydrogen-bond donors (Lipinski definition) is 3. The van der Waals surface area contributed by atoms with Crippen LogP contribution in [0.1, 0.15) is 194 Å². The second-order valence-electron chi connectivity index (χ2n) is 12.9. The lowest BCUT2D eigenvalue weighted by atomic mass is 10.0. The number of carbonyl (C=O) groups is 1. The predicted octanol–water partition coefficient (Wildman–Crippen LogP) is 10.2. The molecule has 0 rings (SSSR count). The molecule has 0 aromatic rings. The van der Waals surface area contributed by atoms with Crippen LogP contribution < -0.4 is 5.32 Å². The van der Waals surface area contributed by atoms with Crippen molar-refractivity contribution < 1.29 is 22.9 Å². The van der Waals surface area contributed by atoms with Gasteiger partial charge in [-0.2, -0.15) is 8.42 Å². The first-order valence-electron chi connectivity index (χ1n) is 18.4. The highest BCUT2D eigenvalue weighted by atomic mass is 32.2. The summed E-state index contributed by atoms with van der Waals surface area (Å²) >= 11 is 0. The van der Waals surface area contributed by atoms with Crippen LogP contribution in [0, 0.1) is 0 Å². The second-order valence-corrected chi connectivity index (χ2v) is 14.4. The normalized spacial score (nSPS) is 13.5. The molecule has 7 heteroatoms. The molecule has 0 aliphatic rings. The summed E-state index contributed by atoms with van der Waals surface area (Å²) in [6, 6.07) is -0.967. The number of unbranched alkanes of at least 4 members (excludes halogenated alkanes) is 23. The standard InChI is InChI=1S/C36H71NO5S/c1-3-5-7-9-11-13-15-16-17-18-19-20-21-22-24-26-28-30-32-36(39)37-34(33-43(40,41)42)35(38)31-29-27-25-23-14-12-10-8-6-4-2/h17-18,34-35,38H,3-16,19-33H2,1-2H3,(H,37,39)(H,40,41,42)/b18-17-. The predicted molar refractivity (Wildman–Crippen MR) is 184 cm³/mol. The van der Waals surface area contributed by atoms with E-state index in [1.165, 1.54) is 128 Å². The molecule has 43 heavy (non-hydrogen) atoms. The van der Waals surface area contributed by atoms with Crippen LogP contribution in [0.15, 0.2) is 12.2 Å². The molecule has 0 aliphatic carbocycles. The van der Waals surface area contributed by atoms with E-state index in [-0.39, 0.29) is 5.91 Å². The minimum absolute atomic E-state index is 0.251. The van der Waals surface area contributed by atoms with E-state index in [0.717, 1.165) is 38.5 Å². The van der Waals surface area contributed by atoms with E-state index >= 15 is 0 Å². The van der Waals surface area contributed by atoms with Crippen molar-refractivity contribution in [3.63, 3.8) is 0 Å². The molecule has 0 fully saturated rings. The van der Waals surface area contributed by atoms with Gasteiger partial charge in [0.25, 0.3) is 10.1 Å². The van der Waals surface area contributed by atoms with E-state index in [0.29, 0.717) is 12.8 Å². The first-order valence-corrected chi connectivity index (χ1v) is 20.0. The van der Waals surface area contributed by atoms with Crippen LogP contribution in [-0.2, 0) is 14.9 Å². The Labute approximate surface area is 267 Å². The Kier molecular flexibility index (Phi) is 30.4. The molecule has 0 saturated carbocycles. The van der Waals surface area contributed by atoms with E-state index < -0.39 is 28.0 Å². The number of aliphatic hydroxyl groups is 1. The quantitative estimate of drug-likeness (QED) is 0.0381. The van der Waals surface area contributed by atoms with Gasteiger partial charge in [-0.25, -0.2) is 0 Å². The Morgan fingerprint density at radius 1 is 0.605 bits per heavy atom. The molecule has 3 N–H and O–H groups in total. The molecule has 0 bridgehead atoms. The minimum atomic E-state index is -4.30. The highest BCUT2D eigenvalue weighted by Gasteiger charge is 2.26. The van der Waals surface area contributed by atoms with Crippen LogP contribution in [0.2, 0.25) is 0 Å². The first kappa shape index (κ1) is 42.1. The maximum absolute atomic E-state index is 12.5. The van der Waals surface area contributed by atoms with E-state index in [1.54, 1.807) is 0 Å². The summed E-state index contributed by atoms with van der Waals surface area (Å²) in [7, 11) is -4.30. The third kappa shape index (κ3) is 32.3. The zero-order chi connectivity index (χ0) is 31.9. The van der Waals surface area contributed by atoms with Crippen LogP contribution in [-0.4, -0.2) is 41.9 Å². The molecule has 0 saturated heterocycles. The van der Waals surface area contributed by atoms with Gasteiger partial charge >= 0.3 is 0 Å². The maximum Gasteiger partial charge on any atom is 0.266 e. The molecular formula is C36H71NO5S. The van der Waals surface area contributed by atoms with Gasteiger partial charge < -0.3 is 10.4 Å². The number of carbonyl (C=O) groups excluding carboxylic acids is 1. The molecule has 1 amide bonds. The Balaban J connectivity index is 3.87. The van der Waals surface area contributed by atoms with Crippen molar-refractivity contribution in [1.29, 1.82) is 0 Å². The van der Waals surface area contributed by atoms with Gasteiger partial charge in [0.2, 0.25) is 5.91 Å². The first-order chi connectivity index (χ1) is 20.8. The zero-order valence-corrected chi connectivity index (χ0v) is 29.2. The van der Waals surface area contributed by atoms with Crippen molar-refractivity contribution in [1.82, 2.24) is 5.32 Å². The van der Waals surface area contributed by atoms with Crippen molar-refractivity contribution in [2.24, 2.45) is 0 Å². The topological polar surface area (TPSA) is 104 Å². The van der Waals surface area contributed by atoms with Gasteiger partial charge in [0, 0.05) is 6.42 Å². The lowest BCUT2D eigenvalue weighted by Gasteiger charge is -2.23. The fourth-order valence-electron chi connectivity index (χ4n) is 5.68. The fraction of sp³-hybridized carbons (Fsp3) is 0.917. The molecular weight excluding hydrogens is 558 g/mol. The summed E-state index contributed by atoms with van der Waals surface area (Å²) in [5.74, 6) is -0.898. The van der Waals surface area contributed by atoms with Gasteiger partial charge in [-0.1, -0.05) is 161 Å². The highest BCUT2D eigenvalue weighted by molar-refractivity contribution is 7.85. The van der Waals surface area contributed by atoms with E-state index in [9.17, 15) is 22.9 Å². The SMILES string of the molecule is CCCCCCCCC/C=C\CCCCCCCCCC(=O)NC(CS(=O)(=O)O)C(O)CCCCCCCCCCCC. The molecule has 0 radical (unpaired) electrons. The fourth-order valence-corrected chi connectivity index (χ4v) is 6.44. The van der Waals surface area contributed by atoms with E-state index in [4.69, 9.17) is 0 Å². The van der Waals surface area contributed by atoms with Crippen molar-refractivity contribution in [3.05, 3.63) is 12.2 Å². The largest absolute Gasteiger partial charge is 0.391 e. The Hall–Kier alpha value is -0.920. The molecule has 0 aliphatic heterocycles. The second kappa shape index (κ2) is 31.1. The molecule has 2 unspecified atom stereocenters. The highest BCUT2D eigenvalue weighted by Crippen LogP contribution is 2.15. The van der Waals surface area contributed by atoms with Gasteiger partial charge in [-0.3, -0.25) is 9.35 Å². The van der Waals surface area contributed by atoms with Crippen LogP contribution in [0.25, 0.3) is 0 Å². The molecule has 256 valence electrons.